The van der Waals surface area contributed by atoms with Gasteiger partial charge in [-0.05, 0) is 13.0 Å². The van der Waals surface area contributed by atoms with Crippen LogP contribution in [0, 0.1) is 16.0 Å². The van der Waals surface area contributed by atoms with E-state index in [1.807, 2.05) is 0 Å². The second kappa shape index (κ2) is 6.03. The third kappa shape index (κ3) is 3.89. The zero-order valence-electron chi connectivity index (χ0n) is 12.1. The van der Waals surface area contributed by atoms with Gasteiger partial charge in [0.1, 0.15) is 0 Å². The van der Waals surface area contributed by atoms with Gasteiger partial charge in [-0.1, -0.05) is 0 Å². The molecule has 0 N–H and O–H groups in total. The van der Waals surface area contributed by atoms with E-state index in [4.69, 9.17) is 0 Å². The van der Waals surface area contributed by atoms with Gasteiger partial charge in [-0.2, -0.15) is 8.42 Å². The molecule has 1 unspecified atom stereocenters. The fourth-order valence-electron chi connectivity index (χ4n) is 2.56. The summed E-state index contributed by atoms with van der Waals surface area (Å²) in [6.45, 7) is 1.13. The zero-order valence-corrected chi connectivity index (χ0v) is 12.9. The van der Waals surface area contributed by atoms with E-state index in [1.54, 1.807) is 0 Å². The maximum atomic E-state index is 12.8. The second-order valence-corrected chi connectivity index (χ2v) is 6.71. The molecule has 0 radical (unpaired) electrons. The number of halogens is 1. The van der Waals surface area contributed by atoms with Gasteiger partial charge in [-0.15, -0.1) is 3.89 Å². The van der Waals surface area contributed by atoms with E-state index in [9.17, 15) is 32.0 Å². The Morgan fingerprint density at radius 3 is 2.65 bits per heavy atom. The molecule has 1 aromatic carbocycles. The minimum Gasteiger partial charge on any atom is -0.311 e. The lowest BCUT2D eigenvalue weighted by Gasteiger charge is -2.19. The van der Waals surface area contributed by atoms with Gasteiger partial charge in [0.05, 0.1) is 16.4 Å². The van der Waals surface area contributed by atoms with Gasteiger partial charge >= 0.3 is 10.2 Å². The number of carbonyl (C=O) groups is 2. The fraction of sp³-hybridized carbons (Fsp3) is 0.385. The molecule has 0 bridgehead atoms. The summed E-state index contributed by atoms with van der Waals surface area (Å²) in [5.74, 6) is -2.45. The third-order valence-corrected chi connectivity index (χ3v) is 4.37. The van der Waals surface area contributed by atoms with Crippen LogP contribution in [0.15, 0.2) is 18.2 Å². The van der Waals surface area contributed by atoms with Gasteiger partial charge in [-0.25, -0.2) is 0 Å². The van der Waals surface area contributed by atoms with Crippen LogP contribution in [-0.4, -0.2) is 37.3 Å². The van der Waals surface area contributed by atoms with Crippen LogP contribution in [0.5, 0.6) is 0 Å². The van der Waals surface area contributed by atoms with Gasteiger partial charge < -0.3 is 4.90 Å². The van der Waals surface area contributed by atoms with Crippen molar-refractivity contribution in [2.45, 2.75) is 13.3 Å². The molecule has 2 rings (SSSR count). The molecule has 1 aliphatic rings. The Balaban J connectivity index is 2.36. The van der Waals surface area contributed by atoms with Gasteiger partial charge in [0.2, 0.25) is 5.91 Å². The van der Waals surface area contributed by atoms with Crippen LogP contribution in [0.2, 0.25) is 0 Å². The summed E-state index contributed by atoms with van der Waals surface area (Å²) in [7, 11) is -4.72. The van der Waals surface area contributed by atoms with E-state index in [0.29, 0.717) is 0 Å². The smallest absolute Gasteiger partial charge is 0.302 e. The minimum atomic E-state index is -4.72. The number of carbonyl (C=O) groups excluding carboxylic acids is 2. The molecule has 0 aliphatic carbocycles. The highest BCUT2D eigenvalue weighted by Crippen LogP contribution is 2.31. The van der Waals surface area contributed by atoms with E-state index in [0.717, 1.165) is 17.0 Å². The van der Waals surface area contributed by atoms with Crippen molar-refractivity contribution in [2.24, 2.45) is 5.92 Å². The molecule has 1 aromatic rings. The second-order valence-electron chi connectivity index (χ2n) is 5.29. The minimum absolute atomic E-state index is 0.0173. The topological polar surface area (TPSA) is 115 Å². The quantitative estimate of drug-likeness (QED) is 0.345. The first-order chi connectivity index (χ1) is 10.6. The number of anilines is 1. The lowest BCUT2D eigenvalue weighted by atomic mass is 10.1. The first kappa shape index (κ1) is 17.0. The Morgan fingerprint density at radius 2 is 2.13 bits per heavy atom. The molecule has 0 spiro atoms. The van der Waals surface area contributed by atoms with Crippen LogP contribution in [0.25, 0.3) is 0 Å². The van der Waals surface area contributed by atoms with Crippen molar-refractivity contribution < 1.29 is 26.8 Å². The number of nitro benzene ring substituents is 1. The summed E-state index contributed by atoms with van der Waals surface area (Å²) in [4.78, 5) is 35.0. The Kier molecular flexibility index (Phi) is 4.46. The summed E-state index contributed by atoms with van der Waals surface area (Å²) in [5.41, 5.74) is -0.156. The van der Waals surface area contributed by atoms with Crippen LogP contribution in [0.3, 0.4) is 0 Å². The highest BCUT2D eigenvalue weighted by Gasteiger charge is 2.35. The molecule has 0 aromatic heterocycles. The van der Waals surface area contributed by atoms with Crippen molar-refractivity contribution in [3.05, 3.63) is 33.9 Å². The lowest BCUT2D eigenvalue weighted by Crippen LogP contribution is -2.27. The van der Waals surface area contributed by atoms with Gasteiger partial charge in [0.25, 0.3) is 5.69 Å². The van der Waals surface area contributed by atoms with Gasteiger partial charge in [0.15, 0.2) is 5.78 Å². The summed E-state index contributed by atoms with van der Waals surface area (Å²) < 4.78 is 34.2. The number of hydrogen-bond donors (Lipinski definition) is 0. The lowest BCUT2D eigenvalue weighted by molar-refractivity contribution is -0.384. The SMILES string of the molecule is CC(=O)c1cc([N+](=O)[O-])ccc1N1CC(CS(=O)(=O)F)CC1=O. The molecular formula is C13H13FN2O6S. The predicted octanol–water partition coefficient (Wildman–Crippen LogP) is 1.45. The maximum absolute atomic E-state index is 12.8. The number of rotatable bonds is 5. The van der Waals surface area contributed by atoms with Crippen molar-refractivity contribution in [1.82, 2.24) is 0 Å². The number of benzene rings is 1. The molecule has 8 nitrogen and oxygen atoms in total. The van der Waals surface area contributed by atoms with E-state index in [-0.39, 0.29) is 29.9 Å². The van der Waals surface area contributed by atoms with Crippen molar-refractivity contribution >= 4 is 33.3 Å². The van der Waals surface area contributed by atoms with Crippen molar-refractivity contribution in [2.75, 3.05) is 17.2 Å². The van der Waals surface area contributed by atoms with Crippen LogP contribution in [-0.2, 0) is 15.0 Å². The van der Waals surface area contributed by atoms with Crippen LogP contribution >= 0.6 is 0 Å². The van der Waals surface area contributed by atoms with Crippen LogP contribution in [0.4, 0.5) is 15.3 Å². The first-order valence-electron chi connectivity index (χ1n) is 6.60. The number of nitrogens with zero attached hydrogens (tertiary/aromatic N) is 2. The largest absolute Gasteiger partial charge is 0.311 e. The molecule has 1 amide bonds. The molecule has 10 heteroatoms. The summed E-state index contributed by atoms with van der Waals surface area (Å²) >= 11 is 0. The van der Waals surface area contributed by atoms with Crippen molar-refractivity contribution in [3.63, 3.8) is 0 Å². The molecular weight excluding hydrogens is 331 g/mol. The highest BCUT2D eigenvalue weighted by molar-refractivity contribution is 7.86. The Bertz CT molecular complexity index is 792. The standard InChI is InChI=1S/C13H13FN2O6S/c1-8(17)11-5-10(16(19)20)2-3-12(11)15-6-9(4-13(15)18)7-23(14,21)22/h2-3,5,9H,4,6-7H2,1H3. The molecule has 1 aliphatic heterocycles. The molecule has 1 fully saturated rings. The van der Waals surface area contributed by atoms with Crippen molar-refractivity contribution in [1.29, 1.82) is 0 Å². The van der Waals surface area contributed by atoms with Crippen LogP contribution in [0.1, 0.15) is 23.7 Å². The third-order valence-electron chi connectivity index (χ3n) is 3.50. The summed E-state index contributed by atoms with van der Waals surface area (Å²) in [6, 6.07) is 3.47. The van der Waals surface area contributed by atoms with Crippen molar-refractivity contribution in [3.8, 4) is 0 Å². The maximum Gasteiger partial charge on any atom is 0.302 e. The number of Topliss-reactive ketones (excluding diaryl/α,β-unsaturated/α-hetero) is 1. The van der Waals surface area contributed by atoms with E-state index in [1.165, 1.54) is 13.0 Å². The molecule has 0 saturated carbocycles. The zero-order chi connectivity index (χ0) is 17.4. The average molecular weight is 344 g/mol. The Morgan fingerprint density at radius 1 is 1.48 bits per heavy atom. The Labute approximate surface area is 131 Å². The average Bonchev–Trinajstić information content (AvgIpc) is 2.76. The van der Waals surface area contributed by atoms with E-state index in [2.05, 4.69) is 0 Å². The number of amides is 1. The number of ketones is 1. The van der Waals surface area contributed by atoms with Gasteiger partial charge in [0, 0.05) is 36.6 Å². The predicted molar refractivity (Wildman–Crippen MR) is 78.5 cm³/mol. The summed E-state index contributed by atoms with van der Waals surface area (Å²) in [5, 5.41) is 10.8. The molecule has 23 heavy (non-hydrogen) atoms. The van der Waals surface area contributed by atoms with E-state index >= 15 is 0 Å². The number of hydrogen-bond acceptors (Lipinski definition) is 6. The van der Waals surface area contributed by atoms with Crippen LogP contribution < -0.4 is 4.90 Å². The first-order valence-corrected chi connectivity index (χ1v) is 8.16. The number of non-ortho nitro benzene ring substituents is 1. The highest BCUT2D eigenvalue weighted by atomic mass is 32.3. The molecule has 1 heterocycles. The molecule has 124 valence electrons. The monoisotopic (exact) mass is 344 g/mol. The number of nitro groups is 1. The fourth-order valence-corrected chi connectivity index (χ4v) is 3.35. The normalized spacial score (nSPS) is 18.3. The van der Waals surface area contributed by atoms with Gasteiger partial charge in [-0.3, -0.25) is 19.7 Å². The molecule has 1 saturated heterocycles. The molecule has 1 atom stereocenters. The summed E-state index contributed by atoms with van der Waals surface area (Å²) in [6.07, 6.45) is -0.169. The van der Waals surface area contributed by atoms with E-state index < -0.39 is 38.5 Å². The Hall–Kier alpha value is -2.36.